The van der Waals surface area contributed by atoms with Gasteiger partial charge in [0, 0.05) is 4.61 Å². The monoisotopic (exact) mass is 102 g/mol. The summed E-state index contributed by atoms with van der Waals surface area (Å²) in [5.41, 5.74) is 0. The van der Waals surface area contributed by atoms with Crippen molar-refractivity contribution in [2.24, 2.45) is 0 Å². The first-order chi connectivity index (χ1) is 2.30. The van der Waals surface area contributed by atoms with Crippen molar-refractivity contribution in [2.45, 2.75) is 0 Å². The van der Waals surface area contributed by atoms with Crippen LogP contribution in [0.3, 0.4) is 0 Å². The standard InChI is InChI=1S/C3H3PS/c1-2-3(5)4-2/h4H,1H2. The first kappa shape index (κ1) is 3.45. The summed E-state index contributed by atoms with van der Waals surface area (Å²) in [7, 11) is 0.818. The molecule has 1 atom stereocenters. The van der Waals surface area contributed by atoms with Gasteiger partial charge >= 0.3 is 0 Å². The minimum atomic E-state index is 0.818. The lowest BCUT2D eigenvalue weighted by Crippen LogP contribution is -1.38. The van der Waals surface area contributed by atoms with E-state index in [9.17, 15) is 0 Å². The molecule has 1 aliphatic heterocycles. The Hall–Kier alpha value is 0.260. The number of rotatable bonds is 0. The van der Waals surface area contributed by atoms with Gasteiger partial charge in [-0.05, 0) is 13.9 Å². The highest BCUT2D eigenvalue weighted by atomic mass is 32.1. The fraction of sp³-hybridized carbons (Fsp3) is 0. The Kier molecular flexibility index (Phi) is 0.593. The van der Waals surface area contributed by atoms with Gasteiger partial charge < -0.3 is 0 Å². The van der Waals surface area contributed by atoms with Gasteiger partial charge in [-0.3, -0.25) is 0 Å². The lowest BCUT2D eigenvalue weighted by Gasteiger charge is -1.37. The van der Waals surface area contributed by atoms with Crippen LogP contribution in [0.25, 0.3) is 0 Å². The molecule has 1 saturated heterocycles. The molecule has 0 radical (unpaired) electrons. The fourth-order valence-corrected chi connectivity index (χ4v) is 0.687. The van der Waals surface area contributed by atoms with Crippen LogP contribution in [0.2, 0.25) is 0 Å². The number of allylic oxidation sites excluding steroid dienone is 1. The van der Waals surface area contributed by atoms with E-state index in [1.54, 1.807) is 0 Å². The van der Waals surface area contributed by atoms with Gasteiger partial charge in [0.25, 0.3) is 0 Å². The van der Waals surface area contributed by atoms with Crippen LogP contribution in [-0.2, 0) is 0 Å². The summed E-state index contributed by atoms with van der Waals surface area (Å²) < 4.78 is 1.09. The van der Waals surface area contributed by atoms with Gasteiger partial charge in [-0.1, -0.05) is 18.8 Å². The molecule has 26 valence electrons. The zero-order valence-corrected chi connectivity index (χ0v) is 4.43. The maximum absolute atomic E-state index is 4.68. The summed E-state index contributed by atoms with van der Waals surface area (Å²) in [6.07, 6.45) is 0. The first-order valence-electron chi connectivity index (χ1n) is 1.31. The Morgan fingerprint density at radius 2 is 2.00 bits per heavy atom. The van der Waals surface area contributed by atoms with E-state index >= 15 is 0 Å². The van der Waals surface area contributed by atoms with E-state index in [-0.39, 0.29) is 0 Å². The summed E-state index contributed by atoms with van der Waals surface area (Å²) >= 11 is 4.68. The Morgan fingerprint density at radius 1 is 1.80 bits per heavy atom. The molecule has 0 saturated carbocycles. The van der Waals surface area contributed by atoms with E-state index in [2.05, 4.69) is 18.8 Å². The van der Waals surface area contributed by atoms with Gasteiger partial charge in [0.05, 0.1) is 0 Å². The summed E-state index contributed by atoms with van der Waals surface area (Å²) in [6.45, 7) is 3.62. The van der Waals surface area contributed by atoms with Gasteiger partial charge in [-0.15, -0.1) is 0 Å². The van der Waals surface area contributed by atoms with E-state index in [4.69, 9.17) is 0 Å². The van der Waals surface area contributed by atoms with Crippen molar-refractivity contribution in [2.75, 3.05) is 0 Å². The summed E-state index contributed by atoms with van der Waals surface area (Å²) in [5.74, 6) is 0. The van der Waals surface area contributed by atoms with Crippen LogP contribution < -0.4 is 0 Å². The Bertz CT molecular complexity index is 83.1. The highest BCUT2D eigenvalue weighted by molar-refractivity contribution is 8.04. The van der Waals surface area contributed by atoms with Crippen LogP contribution in [0, 0.1) is 0 Å². The average molecular weight is 102 g/mol. The van der Waals surface area contributed by atoms with E-state index in [0.717, 1.165) is 13.2 Å². The molecule has 0 aromatic rings. The molecule has 0 bridgehead atoms. The second-order valence-electron chi connectivity index (χ2n) is 0.933. The van der Waals surface area contributed by atoms with E-state index in [0.29, 0.717) is 0 Å². The van der Waals surface area contributed by atoms with Gasteiger partial charge in [0.15, 0.2) is 0 Å². The largest absolute Gasteiger partial charge is 0.0897 e. The number of hydrogen-bond donors (Lipinski definition) is 0. The normalized spacial score (nSPS) is 24.8. The predicted molar refractivity (Wildman–Crippen MR) is 30.1 cm³/mol. The topological polar surface area (TPSA) is 0 Å². The lowest BCUT2D eigenvalue weighted by atomic mass is 10.8. The summed E-state index contributed by atoms with van der Waals surface area (Å²) in [6, 6.07) is 0. The summed E-state index contributed by atoms with van der Waals surface area (Å²) in [4.78, 5) is 0. The van der Waals surface area contributed by atoms with Crippen molar-refractivity contribution in [3.8, 4) is 0 Å². The molecule has 0 aliphatic carbocycles. The van der Waals surface area contributed by atoms with Crippen LogP contribution in [0.4, 0.5) is 0 Å². The van der Waals surface area contributed by atoms with Crippen LogP contribution in [0.15, 0.2) is 11.9 Å². The van der Waals surface area contributed by atoms with Crippen molar-refractivity contribution in [1.82, 2.24) is 0 Å². The maximum atomic E-state index is 4.68. The Labute approximate surface area is 38.0 Å². The molecule has 0 amide bonds. The zero-order valence-electron chi connectivity index (χ0n) is 2.62. The maximum Gasteiger partial charge on any atom is 0.0470 e. The predicted octanol–water partition coefficient (Wildman–Crippen LogP) is 1.52. The van der Waals surface area contributed by atoms with Gasteiger partial charge in [0.2, 0.25) is 0 Å². The minimum Gasteiger partial charge on any atom is -0.0897 e. The van der Waals surface area contributed by atoms with Gasteiger partial charge in [-0.2, -0.15) is 0 Å². The third-order valence-corrected chi connectivity index (χ3v) is 2.04. The molecular weight excluding hydrogens is 99.1 g/mol. The molecule has 0 spiro atoms. The summed E-state index contributed by atoms with van der Waals surface area (Å²) in [5, 5.41) is 1.18. The van der Waals surface area contributed by atoms with E-state index in [1.807, 2.05) is 0 Å². The van der Waals surface area contributed by atoms with Crippen LogP contribution >= 0.6 is 20.8 Å². The average Bonchev–Trinajstić information content (AvgIpc) is 1.79. The second-order valence-corrected chi connectivity index (χ2v) is 3.06. The number of hydrogen-bond acceptors (Lipinski definition) is 1. The molecule has 1 aliphatic rings. The van der Waals surface area contributed by atoms with Gasteiger partial charge in [-0.25, -0.2) is 0 Å². The second kappa shape index (κ2) is 0.859. The highest BCUT2D eigenvalue weighted by Crippen LogP contribution is 2.45. The number of thiocarbonyl (C=S) groups is 1. The molecule has 1 rings (SSSR count). The Balaban J connectivity index is 2.81. The molecule has 0 nitrogen and oxygen atoms in total. The molecule has 0 N–H and O–H groups in total. The molecule has 2 heteroatoms. The van der Waals surface area contributed by atoms with Crippen molar-refractivity contribution in [1.29, 1.82) is 0 Å². The molecule has 5 heavy (non-hydrogen) atoms. The highest BCUT2D eigenvalue weighted by Gasteiger charge is 2.15. The van der Waals surface area contributed by atoms with Crippen molar-refractivity contribution in [3.05, 3.63) is 11.9 Å². The third kappa shape index (κ3) is 0.555. The lowest BCUT2D eigenvalue weighted by molar-refractivity contribution is 2.51. The third-order valence-electron chi connectivity index (χ3n) is 0.476. The molecule has 1 fully saturated rings. The van der Waals surface area contributed by atoms with Crippen molar-refractivity contribution < 1.29 is 0 Å². The van der Waals surface area contributed by atoms with Crippen LogP contribution in [0.1, 0.15) is 0 Å². The van der Waals surface area contributed by atoms with Crippen molar-refractivity contribution in [3.63, 3.8) is 0 Å². The minimum absolute atomic E-state index is 0.818. The fourth-order valence-electron chi connectivity index (χ4n) is 0.106. The SMILES string of the molecule is C=C1PC1=S. The van der Waals surface area contributed by atoms with E-state index in [1.165, 1.54) is 5.31 Å². The molecule has 1 unspecified atom stereocenters. The van der Waals surface area contributed by atoms with Gasteiger partial charge in [0.1, 0.15) is 0 Å². The molecule has 0 aromatic heterocycles. The first-order valence-corrected chi connectivity index (χ1v) is 2.72. The smallest absolute Gasteiger partial charge is 0.0470 e. The zero-order chi connectivity index (χ0) is 3.86. The molecular formula is C3H3PS. The van der Waals surface area contributed by atoms with Crippen LogP contribution in [-0.4, -0.2) is 4.61 Å². The molecule has 0 aromatic carbocycles. The quantitative estimate of drug-likeness (QED) is 0.254. The van der Waals surface area contributed by atoms with Crippen LogP contribution in [0.5, 0.6) is 0 Å². The molecule has 1 heterocycles. The van der Waals surface area contributed by atoms with E-state index < -0.39 is 0 Å². The Morgan fingerprint density at radius 3 is 2.00 bits per heavy atom. The van der Waals surface area contributed by atoms with Crippen molar-refractivity contribution >= 4 is 25.4 Å².